The fraction of sp³-hybridized carbons (Fsp3) is 0.889. The predicted molar refractivity (Wildman–Crippen MR) is 51.6 cm³/mol. The Balaban J connectivity index is 2.12. The number of hydroxylamine groups is 3. The molecule has 1 heterocycles. The number of carboxylic acids is 1. The highest BCUT2D eigenvalue weighted by Crippen LogP contribution is 2.06. The molecule has 0 atom stereocenters. The molecule has 0 aromatic carbocycles. The van der Waals surface area contributed by atoms with Crippen molar-refractivity contribution in [2.75, 3.05) is 39.8 Å². The predicted octanol–water partition coefficient (Wildman–Crippen LogP) is -0.167. The van der Waals surface area contributed by atoms with E-state index in [4.69, 9.17) is 9.94 Å². The molecule has 0 bridgehead atoms. The maximum atomic E-state index is 10.3. The van der Waals surface area contributed by atoms with Gasteiger partial charge in [0.2, 0.25) is 0 Å². The quantitative estimate of drug-likeness (QED) is 0.481. The molecule has 82 valence electrons. The van der Waals surface area contributed by atoms with Crippen LogP contribution in [0.4, 0.5) is 0 Å². The Bertz CT molecular complexity index is 190. The van der Waals surface area contributed by atoms with Crippen LogP contribution in [0.5, 0.6) is 0 Å². The van der Waals surface area contributed by atoms with Crippen molar-refractivity contribution in [1.82, 2.24) is 5.32 Å². The molecule has 0 aromatic rings. The number of nitrogens with zero attached hydrogens (tertiary/aromatic N) is 1. The van der Waals surface area contributed by atoms with Crippen molar-refractivity contribution in [2.45, 2.75) is 12.8 Å². The Morgan fingerprint density at radius 3 is 2.71 bits per heavy atom. The van der Waals surface area contributed by atoms with Crippen molar-refractivity contribution in [1.29, 1.82) is 0 Å². The Labute approximate surface area is 84.2 Å². The van der Waals surface area contributed by atoms with Crippen molar-refractivity contribution < 1.29 is 19.4 Å². The van der Waals surface area contributed by atoms with Crippen molar-refractivity contribution in [3.05, 3.63) is 0 Å². The lowest BCUT2D eigenvalue weighted by molar-refractivity contribution is -1.09. The second-order valence-electron chi connectivity index (χ2n) is 3.82. The highest BCUT2D eigenvalue weighted by Gasteiger charge is 2.26. The lowest BCUT2D eigenvalue weighted by Gasteiger charge is -2.34. The molecule has 14 heavy (non-hydrogen) atoms. The minimum atomic E-state index is -0.753. The molecule has 1 saturated heterocycles. The fourth-order valence-corrected chi connectivity index (χ4v) is 1.51. The third-order valence-corrected chi connectivity index (χ3v) is 2.46. The normalized spacial score (nSPS) is 20.6. The Hall–Kier alpha value is -0.650. The van der Waals surface area contributed by atoms with Crippen LogP contribution in [0.15, 0.2) is 0 Å². The number of nitrogens with one attached hydrogen (secondary N) is 1. The second-order valence-corrected chi connectivity index (χ2v) is 3.82. The zero-order valence-electron chi connectivity index (χ0n) is 8.66. The molecule has 1 aliphatic heterocycles. The maximum Gasteiger partial charge on any atom is 0.303 e. The van der Waals surface area contributed by atoms with Crippen molar-refractivity contribution in [2.24, 2.45) is 0 Å². The van der Waals surface area contributed by atoms with E-state index in [1.54, 1.807) is 0 Å². The van der Waals surface area contributed by atoms with E-state index in [0.717, 1.165) is 26.2 Å². The van der Waals surface area contributed by atoms with E-state index in [9.17, 15) is 4.79 Å². The molecule has 0 radical (unpaired) electrons. The second kappa shape index (κ2) is 5.29. The average Bonchev–Trinajstić information content (AvgIpc) is 2.14. The molecule has 0 spiro atoms. The smallest absolute Gasteiger partial charge is 0.303 e. The van der Waals surface area contributed by atoms with Gasteiger partial charge in [0.1, 0.15) is 19.7 Å². The summed E-state index contributed by atoms with van der Waals surface area (Å²) in [6.45, 7) is 4.37. The summed E-state index contributed by atoms with van der Waals surface area (Å²) in [5.74, 6) is -0.753. The largest absolute Gasteiger partial charge is 0.481 e. The summed E-state index contributed by atoms with van der Waals surface area (Å²) in [5, 5.41) is 11.7. The summed E-state index contributed by atoms with van der Waals surface area (Å²) in [6.07, 6.45) is 0.787. The number of likely N-dealkylation sites (N-methyl/N-ethyl adjacent to an activating group) is 1. The van der Waals surface area contributed by atoms with Crippen LogP contribution < -0.4 is 5.32 Å². The molecule has 1 fully saturated rings. The van der Waals surface area contributed by atoms with Crippen molar-refractivity contribution in [3.63, 3.8) is 0 Å². The summed E-state index contributed by atoms with van der Waals surface area (Å²) in [4.78, 5) is 15.9. The van der Waals surface area contributed by atoms with Gasteiger partial charge in [-0.1, -0.05) is 0 Å². The molecule has 2 N–H and O–H groups in total. The first-order valence-electron chi connectivity index (χ1n) is 5.04. The van der Waals surface area contributed by atoms with E-state index in [1.165, 1.54) is 0 Å². The van der Waals surface area contributed by atoms with Gasteiger partial charge in [0.25, 0.3) is 0 Å². The van der Waals surface area contributed by atoms with Gasteiger partial charge in [0.15, 0.2) is 0 Å². The first kappa shape index (κ1) is 11.4. The van der Waals surface area contributed by atoms with Gasteiger partial charge in [-0.2, -0.15) is 4.65 Å². The van der Waals surface area contributed by atoms with E-state index in [-0.39, 0.29) is 6.42 Å². The van der Waals surface area contributed by atoms with Gasteiger partial charge >= 0.3 is 5.97 Å². The number of hydrogen-bond donors (Lipinski definition) is 2. The van der Waals surface area contributed by atoms with Crippen LogP contribution in [0.1, 0.15) is 12.8 Å². The van der Waals surface area contributed by atoms with Crippen LogP contribution in [0, 0.1) is 0 Å². The summed E-state index contributed by atoms with van der Waals surface area (Å²) in [6, 6.07) is 0. The SMILES string of the molecule is C[N+]1(OCCCC(=O)O)CCNCC1. The number of rotatable bonds is 5. The third kappa shape index (κ3) is 4.04. The zero-order chi connectivity index (χ0) is 10.4. The zero-order valence-corrected chi connectivity index (χ0v) is 8.66. The van der Waals surface area contributed by atoms with Gasteiger partial charge in [0, 0.05) is 19.5 Å². The molecule has 0 unspecified atom stereocenters. The molecular weight excluding hydrogens is 184 g/mol. The van der Waals surface area contributed by atoms with Crippen molar-refractivity contribution >= 4 is 5.97 Å². The third-order valence-electron chi connectivity index (χ3n) is 2.46. The molecule has 5 nitrogen and oxygen atoms in total. The number of aliphatic carboxylic acids is 1. The van der Waals surface area contributed by atoms with Crippen LogP contribution >= 0.6 is 0 Å². The molecule has 1 aliphatic rings. The van der Waals surface area contributed by atoms with Gasteiger partial charge in [-0.25, -0.2) is 4.84 Å². The molecule has 5 heteroatoms. The highest BCUT2D eigenvalue weighted by atomic mass is 16.7. The van der Waals surface area contributed by atoms with Crippen LogP contribution in [0.2, 0.25) is 0 Å². The molecule has 0 amide bonds. The minimum Gasteiger partial charge on any atom is -0.481 e. The number of carboxylic acid groups (broad SMARTS) is 1. The van der Waals surface area contributed by atoms with Gasteiger partial charge in [-0.15, -0.1) is 0 Å². The Morgan fingerprint density at radius 1 is 1.50 bits per heavy atom. The molecule has 0 aromatic heterocycles. The molecule has 1 rings (SSSR count). The number of carbonyl (C=O) groups is 1. The van der Waals surface area contributed by atoms with Crippen LogP contribution in [0.3, 0.4) is 0 Å². The maximum absolute atomic E-state index is 10.3. The lowest BCUT2D eigenvalue weighted by atomic mass is 10.3. The highest BCUT2D eigenvalue weighted by molar-refractivity contribution is 5.66. The van der Waals surface area contributed by atoms with Gasteiger partial charge < -0.3 is 10.4 Å². The van der Waals surface area contributed by atoms with E-state index in [2.05, 4.69) is 5.32 Å². The van der Waals surface area contributed by atoms with Crippen molar-refractivity contribution in [3.8, 4) is 0 Å². The van der Waals surface area contributed by atoms with E-state index >= 15 is 0 Å². The first-order valence-corrected chi connectivity index (χ1v) is 5.04. The summed E-state index contributed by atoms with van der Waals surface area (Å²) in [5.41, 5.74) is 0. The lowest BCUT2D eigenvalue weighted by Crippen LogP contribution is -2.55. The standard InChI is InChI=1S/C9H18N2O3/c1-11(6-4-10-5-7-11)14-8-2-3-9(12)13/h10H,2-8H2,1H3/p+1. The molecular formula is C9H19N2O3+. The fourth-order valence-electron chi connectivity index (χ4n) is 1.51. The first-order chi connectivity index (χ1) is 6.62. The molecule has 0 aliphatic carbocycles. The van der Waals surface area contributed by atoms with E-state index in [0.29, 0.717) is 17.7 Å². The van der Waals surface area contributed by atoms with Crippen LogP contribution in [-0.4, -0.2) is 55.6 Å². The Kier molecular flexibility index (Phi) is 4.31. The Morgan fingerprint density at radius 2 is 2.14 bits per heavy atom. The average molecular weight is 203 g/mol. The number of hydrogen-bond acceptors (Lipinski definition) is 3. The van der Waals surface area contributed by atoms with Gasteiger partial charge in [-0.05, 0) is 6.42 Å². The summed E-state index contributed by atoms with van der Waals surface area (Å²) >= 11 is 0. The molecule has 0 saturated carbocycles. The topological polar surface area (TPSA) is 58.6 Å². The summed E-state index contributed by atoms with van der Waals surface area (Å²) < 4.78 is 0.604. The van der Waals surface area contributed by atoms with E-state index in [1.807, 2.05) is 7.05 Å². The summed E-state index contributed by atoms with van der Waals surface area (Å²) in [7, 11) is 2.04. The van der Waals surface area contributed by atoms with Crippen LogP contribution in [0.25, 0.3) is 0 Å². The van der Waals surface area contributed by atoms with Gasteiger partial charge in [-0.3, -0.25) is 4.79 Å². The number of quaternary nitrogens is 1. The minimum absolute atomic E-state index is 0.193. The number of piperazine rings is 1. The van der Waals surface area contributed by atoms with Crippen LogP contribution in [-0.2, 0) is 9.63 Å². The monoisotopic (exact) mass is 203 g/mol. The van der Waals surface area contributed by atoms with Gasteiger partial charge in [0.05, 0.1) is 7.05 Å². The van der Waals surface area contributed by atoms with E-state index < -0.39 is 5.97 Å².